The van der Waals surface area contributed by atoms with Gasteiger partial charge in [-0.3, -0.25) is 14.3 Å². The van der Waals surface area contributed by atoms with E-state index in [0.29, 0.717) is 10.8 Å². The molecule has 0 spiro atoms. The van der Waals surface area contributed by atoms with Crippen molar-refractivity contribution in [2.75, 3.05) is 13.6 Å². The SMILES string of the molecule is CN1CCc2c(n(C)c3cc(-n4ccc(OCc5ccc(Cl)cn5)cc4=O)ccc23)C1.Cl.Cl. The van der Waals surface area contributed by atoms with E-state index < -0.39 is 0 Å². The zero-order valence-electron chi connectivity index (χ0n) is 18.3. The molecule has 5 rings (SSSR count). The zero-order valence-corrected chi connectivity index (χ0v) is 20.7. The summed E-state index contributed by atoms with van der Waals surface area (Å²) < 4.78 is 9.63. The van der Waals surface area contributed by atoms with Crippen LogP contribution in [0.3, 0.4) is 0 Å². The van der Waals surface area contributed by atoms with E-state index in [0.717, 1.165) is 36.4 Å². The van der Waals surface area contributed by atoms with Gasteiger partial charge in [0.1, 0.15) is 12.4 Å². The molecule has 9 heteroatoms. The first-order valence-electron chi connectivity index (χ1n) is 10.2. The third-order valence-electron chi connectivity index (χ3n) is 5.93. The van der Waals surface area contributed by atoms with Crippen LogP contribution in [0.1, 0.15) is 17.0 Å². The number of benzene rings is 1. The van der Waals surface area contributed by atoms with Crippen molar-refractivity contribution in [2.45, 2.75) is 19.6 Å². The molecule has 0 saturated heterocycles. The van der Waals surface area contributed by atoms with E-state index in [1.165, 1.54) is 22.7 Å². The van der Waals surface area contributed by atoms with E-state index in [-0.39, 0.29) is 37.0 Å². The molecule has 0 unspecified atom stereocenters. The molecular weight excluding hydrogens is 483 g/mol. The van der Waals surface area contributed by atoms with Crippen LogP contribution in [0.2, 0.25) is 5.02 Å². The number of aryl methyl sites for hydroxylation is 1. The third-order valence-corrected chi connectivity index (χ3v) is 6.15. The highest BCUT2D eigenvalue weighted by atomic mass is 35.5. The van der Waals surface area contributed by atoms with Gasteiger partial charge in [-0.25, -0.2) is 0 Å². The van der Waals surface area contributed by atoms with Gasteiger partial charge in [-0.1, -0.05) is 17.7 Å². The zero-order chi connectivity index (χ0) is 21.5. The fraction of sp³-hybridized carbons (Fsp3) is 0.250. The van der Waals surface area contributed by atoms with Crippen molar-refractivity contribution in [3.8, 4) is 11.4 Å². The van der Waals surface area contributed by atoms with Gasteiger partial charge in [0.25, 0.3) is 5.56 Å². The van der Waals surface area contributed by atoms with Gasteiger partial charge in [-0.15, -0.1) is 24.8 Å². The predicted molar refractivity (Wildman–Crippen MR) is 137 cm³/mol. The Hall–Kier alpha value is -2.51. The maximum absolute atomic E-state index is 12.8. The van der Waals surface area contributed by atoms with Gasteiger partial charge in [-0.05, 0) is 49.4 Å². The highest BCUT2D eigenvalue weighted by Crippen LogP contribution is 2.31. The molecule has 3 aromatic heterocycles. The molecule has 1 aromatic carbocycles. The number of hydrogen-bond acceptors (Lipinski definition) is 4. The van der Waals surface area contributed by atoms with Crippen molar-refractivity contribution in [1.29, 1.82) is 0 Å². The summed E-state index contributed by atoms with van der Waals surface area (Å²) in [7, 11) is 4.26. The van der Waals surface area contributed by atoms with Gasteiger partial charge in [0.2, 0.25) is 0 Å². The molecule has 0 fully saturated rings. The van der Waals surface area contributed by atoms with Crippen molar-refractivity contribution >= 4 is 47.3 Å². The van der Waals surface area contributed by atoms with E-state index in [4.69, 9.17) is 16.3 Å². The molecule has 0 saturated carbocycles. The molecule has 4 heterocycles. The van der Waals surface area contributed by atoms with Crippen molar-refractivity contribution in [1.82, 2.24) is 19.0 Å². The van der Waals surface area contributed by atoms with E-state index in [9.17, 15) is 4.79 Å². The van der Waals surface area contributed by atoms with Gasteiger partial charge in [-0.2, -0.15) is 0 Å². The van der Waals surface area contributed by atoms with Crippen LogP contribution in [-0.4, -0.2) is 32.6 Å². The second kappa shape index (κ2) is 10.2. The summed E-state index contributed by atoms with van der Waals surface area (Å²) >= 11 is 5.86. The first-order valence-corrected chi connectivity index (χ1v) is 10.6. The molecule has 33 heavy (non-hydrogen) atoms. The maximum Gasteiger partial charge on any atom is 0.258 e. The number of likely N-dealkylation sites (N-methyl/N-ethyl adjacent to an activating group) is 1. The number of pyridine rings is 2. The Morgan fingerprint density at radius 3 is 2.64 bits per heavy atom. The van der Waals surface area contributed by atoms with Crippen LogP contribution in [0.25, 0.3) is 16.6 Å². The quantitative estimate of drug-likeness (QED) is 0.399. The lowest BCUT2D eigenvalue weighted by molar-refractivity contribution is 0.300. The van der Waals surface area contributed by atoms with Crippen LogP contribution in [0.4, 0.5) is 0 Å². The summed E-state index contributed by atoms with van der Waals surface area (Å²) in [6.07, 6.45) is 4.38. The van der Waals surface area contributed by atoms with Gasteiger partial charge < -0.3 is 14.2 Å². The normalized spacial score (nSPS) is 13.2. The van der Waals surface area contributed by atoms with Crippen molar-refractivity contribution in [2.24, 2.45) is 7.05 Å². The smallest absolute Gasteiger partial charge is 0.258 e. The lowest BCUT2D eigenvalue weighted by Crippen LogP contribution is -2.27. The Morgan fingerprint density at radius 2 is 1.91 bits per heavy atom. The van der Waals surface area contributed by atoms with Gasteiger partial charge in [0.15, 0.2) is 0 Å². The van der Waals surface area contributed by atoms with Crippen molar-refractivity contribution in [3.63, 3.8) is 0 Å². The topological polar surface area (TPSA) is 52.3 Å². The van der Waals surface area contributed by atoms with Gasteiger partial charge in [0, 0.05) is 49.7 Å². The van der Waals surface area contributed by atoms with Crippen LogP contribution in [0, 0.1) is 0 Å². The minimum Gasteiger partial charge on any atom is -0.487 e. The van der Waals surface area contributed by atoms with Crippen molar-refractivity contribution in [3.05, 3.63) is 87.2 Å². The number of aromatic nitrogens is 3. The number of hydrogen-bond donors (Lipinski definition) is 0. The molecule has 0 aliphatic carbocycles. The largest absolute Gasteiger partial charge is 0.487 e. The maximum atomic E-state index is 12.8. The van der Waals surface area contributed by atoms with E-state index in [2.05, 4.69) is 40.7 Å². The molecule has 0 bridgehead atoms. The lowest BCUT2D eigenvalue weighted by atomic mass is 10.0. The average molecular weight is 508 g/mol. The van der Waals surface area contributed by atoms with E-state index in [1.807, 2.05) is 6.07 Å². The Kier molecular flexibility index (Phi) is 7.75. The predicted octanol–water partition coefficient (Wildman–Crippen LogP) is 4.79. The van der Waals surface area contributed by atoms with Crippen molar-refractivity contribution < 1.29 is 4.74 Å². The fourth-order valence-electron chi connectivity index (χ4n) is 4.24. The molecule has 4 aromatic rings. The standard InChI is InChI=1S/C24H23ClN4O2.2ClH/c1-27-9-8-21-20-6-5-18(11-22(20)28(2)23(21)14-27)29-10-7-19(12-24(29)30)31-15-17-4-3-16(25)13-26-17;;/h3-7,10-13H,8-9,14-15H2,1-2H3;2*1H. The molecule has 0 N–H and O–H groups in total. The van der Waals surface area contributed by atoms with Gasteiger partial charge >= 0.3 is 0 Å². The lowest BCUT2D eigenvalue weighted by Gasteiger charge is -2.23. The van der Waals surface area contributed by atoms with Crippen LogP contribution in [-0.2, 0) is 26.6 Å². The highest BCUT2D eigenvalue weighted by Gasteiger charge is 2.21. The molecular formula is C24H25Cl3N4O2. The second-order valence-electron chi connectivity index (χ2n) is 8.00. The Bertz CT molecular complexity index is 1330. The van der Waals surface area contributed by atoms with Gasteiger partial charge in [0.05, 0.1) is 21.9 Å². The summed E-state index contributed by atoms with van der Waals surface area (Å²) in [5, 5.41) is 1.85. The summed E-state index contributed by atoms with van der Waals surface area (Å²) in [5.74, 6) is 0.511. The number of ether oxygens (including phenoxy) is 1. The third kappa shape index (κ3) is 4.89. The Balaban J connectivity index is 0.00000153. The molecule has 6 nitrogen and oxygen atoms in total. The second-order valence-corrected chi connectivity index (χ2v) is 8.44. The number of halogens is 3. The van der Waals surface area contributed by atoms with E-state index in [1.54, 1.807) is 35.2 Å². The Labute approximate surface area is 209 Å². The molecule has 0 radical (unpaired) electrons. The Morgan fingerprint density at radius 1 is 1.09 bits per heavy atom. The molecule has 0 atom stereocenters. The number of rotatable bonds is 4. The summed E-state index contributed by atoms with van der Waals surface area (Å²) in [5.41, 5.74) is 5.38. The molecule has 1 aliphatic rings. The number of nitrogens with zero attached hydrogens (tertiary/aromatic N) is 4. The highest BCUT2D eigenvalue weighted by molar-refractivity contribution is 6.30. The van der Waals surface area contributed by atoms with Crippen LogP contribution in [0.5, 0.6) is 5.75 Å². The molecule has 174 valence electrons. The van der Waals surface area contributed by atoms with Crippen LogP contribution < -0.4 is 10.3 Å². The van der Waals surface area contributed by atoms with Crippen LogP contribution in [0.15, 0.2) is 59.7 Å². The first kappa shape index (κ1) is 25.1. The summed E-state index contributed by atoms with van der Waals surface area (Å²) in [4.78, 5) is 19.3. The number of fused-ring (bicyclic) bond motifs is 3. The minimum absolute atomic E-state index is 0. The monoisotopic (exact) mass is 506 g/mol. The first-order chi connectivity index (χ1) is 15.0. The molecule has 1 aliphatic heterocycles. The molecule has 0 amide bonds. The fourth-order valence-corrected chi connectivity index (χ4v) is 4.35. The summed E-state index contributed by atoms with van der Waals surface area (Å²) in [6.45, 7) is 2.29. The minimum atomic E-state index is -0.139. The van der Waals surface area contributed by atoms with E-state index >= 15 is 0 Å². The summed E-state index contributed by atoms with van der Waals surface area (Å²) in [6, 6.07) is 13.1. The van der Waals surface area contributed by atoms with Crippen LogP contribution >= 0.6 is 36.4 Å². The average Bonchev–Trinajstić information content (AvgIpc) is 3.04.